The van der Waals surface area contributed by atoms with Gasteiger partial charge >= 0.3 is 5.97 Å². The first-order valence-electron chi connectivity index (χ1n) is 12.0. The van der Waals surface area contributed by atoms with Gasteiger partial charge in [-0.05, 0) is 26.2 Å². The van der Waals surface area contributed by atoms with E-state index in [4.69, 9.17) is 10.5 Å². The zero-order valence-corrected chi connectivity index (χ0v) is 19.0. The van der Waals surface area contributed by atoms with Crippen LogP contribution in [0.4, 0.5) is 0 Å². The second-order valence-corrected chi connectivity index (χ2v) is 8.44. The lowest BCUT2D eigenvalue weighted by Crippen LogP contribution is -2.36. The summed E-state index contributed by atoms with van der Waals surface area (Å²) in [6, 6.07) is 0. The summed E-state index contributed by atoms with van der Waals surface area (Å²) in [6.45, 7) is 8.19. The molecule has 2 N–H and O–H groups in total. The molecule has 0 aromatic carbocycles. The van der Waals surface area contributed by atoms with Crippen LogP contribution >= 0.6 is 0 Å². The lowest BCUT2D eigenvalue weighted by molar-refractivity contribution is -0.161. The van der Waals surface area contributed by atoms with E-state index in [1.165, 1.54) is 83.5 Å². The molecule has 0 radical (unpaired) electrons. The summed E-state index contributed by atoms with van der Waals surface area (Å²) in [7, 11) is 0. The van der Waals surface area contributed by atoms with Gasteiger partial charge in [-0.2, -0.15) is 0 Å². The minimum atomic E-state index is -0.508. The van der Waals surface area contributed by atoms with Gasteiger partial charge in [0.2, 0.25) is 0 Å². The minimum absolute atomic E-state index is 0.0998. The first kappa shape index (κ1) is 26.4. The van der Waals surface area contributed by atoms with Gasteiger partial charge in [-0.15, -0.1) is 0 Å². The molecule has 0 saturated heterocycles. The highest BCUT2D eigenvalue weighted by molar-refractivity contribution is 5.76. The zero-order chi connectivity index (χ0) is 20.4. The molecule has 0 amide bonds. The number of rotatable bonds is 19. The van der Waals surface area contributed by atoms with Crippen molar-refractivity contribution in [3.63, 3.8) is 0 Å². The number of unbranched alkanes of at least 4 members (excludes halogenated alkanes) is 13. The normalized spacial score (nSPS) is 12.9. The van der Waals surface area contributed by atoms with Gasteiger partial charge in [-0.1, -0.05) is 111 Å². The topological polar surface area (TPSA) is 52.3 Å². The van der Waals surface area contributed by atoms with E-state index in [9.17, 15) is 4.79 Å². The van der Waals surface area contributed by atoms with Crippen molar-refractivity contribution in [3.05, 3.63) is 0 Å². The summed E-state index contributed by atoms with van der Waals surface area (Å²) >= 11 is 0. The molecule has 0 rings (SSSR count). The minimum Gasteiger partial charge on any atom is -0.447 e. The smallest absolute Gasteiger partial charge is 0.313 e. The van der Waals surface area contributed by atoms with Crippen molar-refractivity contribution in [1.82, 2.24) is 0 Å². The van der Waals surface area contributed by atoms with Crippen LogP contribution in [0.15, 0.2) is 0 Å². The third-order valence-corrected chi connectivity index (χ3v) is 6.09. The lowest BCUT2D eigenvalue weighted by Gasteiger charge is -2.30. The Morgan fingerprint density at radius 1 is 0.741 bits per heavy atom. The molecule has 3 heteroatoms. The van der Waals surface area contributed by atoms with E-state index < -0.39 is 6.23 Å². The largest absolute Gasteiger partial charge is 0.447 e. The van der Waals surface area contributed by atoms with Crippen LogP contribution in [-0.4, -0.2) is 12.2 Å². The number of esters is 1. The number of carbonyl (C=O) groups is 1. The Hall–Kier alpha value is -0.570. The third-order valence-electron chi connectivity index (χ3n) is 6.09. The van der Waals surface area contributed by atoms with E-state index in [0.717, 1.165) is 25.7 Å². The average molecular weight is 384 g/mol. The SMILES string of the molecule is CCCCCCCCCCCCCCCCC(CC)(CC)C(=O)OC(C)N. The molecule has 1 atom stereocenters. The van der Waals surface area contributed by atoms with Crippen LogP contribution in [0, 0.1) is 5.41 Å². The summed E-state index contributed by atoms with van der Waals surface area (Å²) in [5.41, 5.74) is 5.31. The number of hydrogen-bond acceptors (Lipinski definition) is 3. The number of hydrogen-bond donors (Lipinski definition) is 1. The highest BCUT2D eigenvalue weighted by Crippen LogP contribution is 2.34. The van der Waals surface area contributed by atoms with E-state index in [-0.39, 0.29) is 11.4 Å². The second-order valence-electron chi connectivity index (χ2n) is 8.44. The van der Waals surface area contributed by atoms with E-state index in [1.54, 1.807) is 6.92 Å². The Labute approximate surface area is 170 Å². The van der Waals surface area contributed by atoms with Crippen LogP contribution in [-0.2, 0) is 9.53 Å². The van der Waals surface area contributed by atoms with Gasteiger partial charge in [0.25, 0.3) is 0 Å². The van der Waals surface area contributed by atoms with Crippen LogP contribution in [0.5, 0.6) is 0 Å². The molecular formula is C24H49NO2. The highest BCUT2D eigenvalue weighted by Gasteiger charge is 2.36. The molecule has 162 valence electrons. The standard InChI is InChI=1S/C24H49NO2/c1-5-8-9-10-11-12-13-14-15-16-17-18-19-20-21-24(6-2,7-3)23(26)27-22(4)25/h22H,5-21,25H2,1-4H3. The van der Waals surface area contributed by atoms with Gasteiger partial charge in [0.1, 0.15) is 6.23 Å². The monoisotopic (exact) mass is 383 g/mol. The molecule has 0 aliphatic rings. The van der Waals surface area contributed by atoms with E-state index in [0.29, 0.717) is 0 Å². The third kappa shape index (κ3) is 13.3. The van der Waals surface area contributed by atoms with Crippen molar-refractivity contribution in [2.75, 3.05) is 0 Å². The maximum absolute atomic E-state index is 12.4. The summed E-state index contributed by atoms with van der Waals surface area (Å²) in [5.74, 6) is -0.0998. The van der Waals surface area contributed by atoms with Gasteiger partial charge in [0, 0.05) is 0 Å². The van der Waals surface area contributed by atoms with Crippen molar-refractivity contribution >= 4 is 5.97 Å². The lowest BCUT2D eigenvalue weighted by atomic mass is 9.77. The molecule has 0 aromatic heterocycles. The Bertz CT molecular complexity index is 337. The van der Waals surface area contributed by atoms with E-state index in [1.807, 2.05) is 0 Å². The maximum atomic E-state index is 12.4. The summed E-state index contributed by atoms with van der Waals surface area (Å²) in [6.07, 6.45) is 21.1. The average Bonchev–Trinajstić information content (AvgIpc) is 2.65. The Morgan fingerprint density at radius 3 is 1.44 bits per heavy atom. The molecule has 0 fully saturated rings. The van der Waals surface area contributed by atoms with Gasteiger partial charge in [-0.25, -0.2) is 0 Å². The molecule has 0 bridgehead atoms. The molecule has 0 aliphatic heterocycles. The highest BCUT2D eigenvalue weighted by atomic mass is 16.6. The fourth-order valence-electron chi connectivity index (χ4n) is 3.95. The molecule has 0 saturated carbocycles. The van der Waals surface area contributed by atoms with Crippen molar-refractivity contribution in [3.8, 4) is 0 Å². The van der Waals surface area contributed by atoms with Crippen molar-refractivity contribution in [2.24, 2.45) is 11.1 Å². The first-order chi connectivity index (χ1) is 13.0. The van der Waals surface area contributed by atoms with E-state index in [2.05, 4.69) is 20.8 Å². The summed E-state index contributed by atoms with van der Waals surface area (Å²) in [4.78, 5) is 12.4. The van der Waals surface area contributed by atoms with E-state index >= 15 is 0 Å². The van der Waals surface area contributed by atoms with Crippen molar-refractivity contribution < 1.29 is 9.53 Å². The zero-order valence-electron chi connectivity index (χ0n) is 19.0. The number of ether oxygens (including phenoxy) is 1. The van der Waals surface area contributed by atoms with Gasteiger partial charge < -0.3 is 4.74 Å². The van der Waals surface area contributed by atoms with Gasteiger partial charge in [-0.3, -0.25) is 10.5 Å². The van der Waals surface area contributed by atoms with Crippen LogP contribution in [0.2, 0.25) is 0 Å². The maximum Gasteiger partial charge on any atom is 0.313 e. The van der Waals surface area contributed by atoms with Crippen molar-refractivity contribution in [2.45, 2.75) is 143 Å². The molecule has 3 nitrogen and oxygen atoms in total. The fraction of sp³-hybridized carbons (Fsp3) is 0.958. The van der Waals surface area contributed by atoms with Crippen LogP contribution in [0.3, 0.4) is 0 Å². The fourth-order valence-corrected chi connectivity index (χ4v) is 3.95. The molecule has 0 spiro atoms. The molecule has 27 heavy (non-hydrogen) atoms. The number of carbonyl (C=O) groups excluding carboxylic acids is 1. The van der Waals surface area contributed by atoms with Crippen LogP contribution < -0.4 is 5.73 Å². The van der Waals surface area contributed by atoms with Gasteiger partial charge in [0.15, 0.2) is 0 Å². The second kappa shape index (κ2) is 17.5. The molecule has 1 unspecified atom stereocenters. The van der Waals surface area contributed by atoms with Crippen molar-refractivity contribution in [1.29, 1.82) is 0 Å². The predicted octanol–water partition coefficient (Wildman–Crippen LogP) is 7.51. The quantitative estimate of drug-likeness (QED) is 0.143. The Kier molecular flexibility index (Phi) is 17.2. The molecule has 0 aromatic rings. The summed E-state index contributed by atoms with van der Waals surface area (Å²) < 4.78 is 5.31. The predicted molar refractivity (Wildman–Crippen MR) is 118 cm³/mol. The molecule has 0 aliphatic carbocycles. The summed E-state index contributed by atoms with van der Waals surface area (Å²) in [5, 5.41) is 0. The Morgan fingerprint density at radius 2 is 1.11 bits per heavy atom. The number of nitrogens with two attached hydrogens (primary N) is 1. The molecule has 0 heterocycles. The first-order valence-corrected chi connectivity index (χ1v) is 12.0. The van der Waals surface area contributed by atoms with Gasteiger partial charge in [0.05, 0.1) is 5.41 Å². The Balaban J connectivity index is 3.64. The van der Waals surface area contributed by atoms with Crippen LogP contribution in [0.25, 0.3) is 0 Å². The van der Waals surface area contributed by atoms with Crippen LogP contribution in [0.1, 0.15) is 137 Å². The molecular weight excluding hydrogens is 334 g/mol.